The molecule has 162 valence electrons. The van der Waals surface area contributed by atoms with E-state index >= 15 is 0 Å². The van der Waals surface area contributed by atoms with Gasteiger partial charge in [0.2, 0.25) is 0 Å². The van der Waals surface area contributed by atoms with Crippen LogP contribution in [0.5, 0.6) is 0 Å². The molecule has 0 saturated carbocycles. The van der Waals surface area contributed by atoms with Gasteiger partial charge in [0.15, 0.2) is 5.96 Å². The van der Waals surface area contributed by atoms with Crippen molar-refractivity contribution in [2.24, 2.45) is 4.99 Å². The fourth-order valence-electron chi connectivity index (χ4n) is 3.21. The maximum absolute atomic E-state index is 12.3. The molecule has 7 nitrogen and oxygen atoms in total. The third-order valence-corrected chi connectivity index (χ3v) is 4.46. The van der Waals surface area contributed by atoms with E-state index in [9.17, 15) is 4.79 Å². The van der Waals surface area contributed by atoms with E-state index in [1.807, 2.05) is 20.8 Å². The van der Waals surface area contributed by atoms with Crippen LogP contribution in [0.25, 0.3) is 0 Å². The van der Waals surface area contributed by atoms with E-state index in [2.05, 4.69) is 41.0 Å². The van der Waals surface area contributed by atoms with Crippen LogP contribution in [0.4, 0.5) is 4.79 Å². The highest BCUT2D eigenvalue weighted by atomic mass is 16.6. The summed E-state index contributed by atoms with van der Waals surface area (Å²) in [6.07, 6.45) is 2.82. The number of hydrogen-bond donors (Lipinski definition) is 2. The molecule has 0 aromatic carbocycles. The summed E-state index contributed by atoms with van der Waals surface area (Å²) in [6.45, 7) is 18.8. The Balaban J connectivity index is 2.40. The molecule has 0 unspecified atom stereocenters. The first-order valence-corrected chi connectivity index (χ1v) is 10.5. The molecule has 1 aliphatic heterocycles. The number of likely N-dealkylation sites (tertiary alicyclic amines) is 1. The number of piperidine rings is 1. The molecule has 0 atom stereocenters. The highest BCUT2D eigenvalue weighted by molar-refractivity contribution is 5.80. The van der Waals surface area contributed by atoms with Crippen molar-refractivity contribution in [1.82, 2.24) is 20.4 Å². The number of amides is 1. The van der Waals surface area contributed by atoms with Gasteiger partial charge < -0.3 is 20.3 Å². The molecule has 0 aromatic rings. The van der Waals surface area contributed by atoms with E-state index in [0.29, 0.717) is 25.7 Å². The van der Waals surface area contributed by atoms with Crippen LogP contribution in [0.15, 0.2) is 17.1 Å². The molecule has 0 aromatic heterocycles. The number of aliphatic imine (C=N–C) groups is 1. The smallest absolute Gasteiger partial charge is 0.410 e. The Morgan fingerprint density at radius 1 is 1.29 bits per heavy atom. The van der Waals surface area contributed by atoms with E-state index in [-0.39, 0.29) is 6.09 Å². The molecule has 28 heavy (non-hydrogen) atoms. The number of nitrogens with zero attached hydrogens (tertiary/aromatic N) is 3. The third kappa shape index (κ3) is 9.97. The summed E-state index contributed by atoms with van der Waals surface area (Å²) in [5, 5.41) is 6.84. The Kier molecular flexibility index (Phi) is 10.4. The summed E-state index contributed by atoms with van der Waals surface area (Å²) in [5.74, 6) is 0.791. The molecule has 2 N–H and O–H groups in total. The van der Waals surface area contributed by atoms with Crippen LogP contribution in [-0.4, -0.2) is 79.8 Å². The molecule has 1 amide bonds. The number of guanidine groups is 1. The fourth-order valence-corrected chi connectivity index (χ4v) is 3.21. The van der Waals surface area contributed by atoms with Gasteiger partial charge in [0.1, 0.15) is 5.60 Å². The van der Waals surface area contributed by atoms with Crippen molar-refractivity contribution in [3.63, 3.8) is 0 Å². The molecule has 1 heterocycles. The first-order valence-electron chi connectivity index (χ1n) is 10.5. The minimum atomic E-state index is -0.479. The van der Waals surface area contributed by atoms with E-state index in [1.54, 1.807) is 11.9 Å². The van der Waals surface area contributed by atoms with Gasteiger partial charge in [0.25, 0.3) is 0 Å². The fraction of sp³-hybridized carbons (Fsp3) is 0.810. The van der Waals surface area contributed by atoms with Gasteiger partial charge >= 0.3 is 6.09 Å². The van der Waals surface area contributed by atoms with Crippen LogP contribution >= 0.6 is 0 Å². The number of carbonyl (C=O) groups excluding carboxylic acids is 1. The number of carbonyl (C=O) groups is 1. The summed E-state index contributed by atoms with van der Waals surface area (Å²) in [4.78, 5) is 20.9. The largest absolute Gasteiger partial charge is 0.444 e. The van der Waals surface area contributed by atoms with Gasteiger partial charge in [-0.1, -0.05) is 19.1 Å². The van der Waals surface area contributed by atoms with Gasteiger partial charge in [-0.2, -0.15) is 0 Å². The van der Waals surface area contributed by atoms with Crippen LogP contribution in [0.2, 0.25) is 0 Å². The molecule has 1 saturated heterocycles. The summed E-state index contributed by atoms with van der Waals surface area (Å²) in [7, 11) is 1.78. The van der Waals surface area contributed by atoms with Gasteiger partial charge in [0, 0.05) is 52.4 Å². The number of ether oxygens (including phenoxy) is 1. The average molecular weight is 396 g/mol. The molecule has 0 bridgehead atoms. The Labute approximate surface area is 171 Å². The highest BCUT2D eigenvalue weighted by Gasteiger charge is 2.22. The summed E-state index contributed by atoms with van der Waals surface area (Å²) < 4.78 is 5.50. The Hall–Kier alpha value is -1.76. The first kappa shape index (κ1) is 24.3. The molecule has 0 aliphatic carbocycles. The average Bonchev–Trinajstić information content (AvgIpc) is 2.59. The predicted octanol–water partition coefficient (Wildman–Crippen LogP) is 2.84. The Morgan fingerprint density at radius 2 is 1.93 bits per heavy atom. The number of hydrogen-bond acceptors (Lipinski definition) is 4. The Bertz CT molecular complexity index is 519. The van der Waals surface area contributed by atoms with Crippen molar-refractivity contribution < 1.29 is 9.53 Å². The molecule has 1 fully saturated rings. The molecule has 1 aliphatic rings. The number of rotatable bonds is 8. The van der Waals surface area contributed by atoms with Crippen molar-refractivity contribution in [2.45, 2.75) is 65.5 Å². The van der Waals surface area contributed by atoms with Crippen LogP contribution in [0, 0.1) is 0 Å². The van der Waals surface area contributed by atoms with Gasteiger partial charge in [-0.15, -0.1) is 0 Å². The lowest BCUT2D eigenvalue weighted by molar-refractivity contribution is 0.0253. The van der Waals surface area contributed by atoms with Crippen molar-refractivity contribution in [3.8, 4) is 0 Å². The van der Waals surface area contributed by atoms with Crippen LogP contribution in [-0.2, 0) is 4.74 Å². The van der Waals surface area contributed by atoms with Gasteiger partial charge in [-0.3, -0.25) is 9.89 Å². The van der Waals surface area contributed by atoms with Crippen LogP contribution < -0.4 is 10.6 Å². The SMILES string of the molecule is C=C(C)CN1CCC(NC(=NC)NCCN(CCC)C(=O)OC(C)(C)C)CC1. The van der Waals surface area contributed by atoms with Crippen molar-refractivity contribution in [2.75, 3.05) is 46.3 Å². The summed E-state index contributed by atoms with van der Waals surface area (Å²) in [6, 6.07) is 0.421. The topological polar surface area (TPSA) is 69.2 Å². The second kappa shape index (κ2) is 11.9. The zero-order chi connectivity index (χ0) is 21.2. The van der Waals surface area contributed by atoms with E-state index in [4.69, 9.17) is 4.74 Å². The first-order chi connectivity index (χ1) is 13.1. The normalized spacial score (nSPS) is 16.6. The quantitative estimate of drug-likeness (QED) is 0.376. The Morgan fingerprint density at radius 3 is 2.43 bits per heavy atom. The molecule has 1 rings (SSSR count). The molecule has 0 radical (unpaired) electrons. The second-order valence-corrected chi connectivity index (χ2v) is 8.62. The zero-order valence-electron chi connectivity index (χ0n) is 18.8. The van der Waals surface area contributed by atoms with Gasteiger partial charge in [0.05, 0.1) is 0 Å². The maximum atomic E-state index is 12.3. The van der Waals surface area contributed by atoms with Crippen molar-refractivity contribution in [1.29, 1.82) is 0 Å². The lowest BCUT2D eigenvalue weighted by Crippen LogP contribution is -2.50. The van der Waals surface area contributed by atoms with Crippen LogP contribution in [0.3, 0.4) is 0 Å². The predicted molar refractivity (Wildman–Crippen MR) is 117 cm³/mol. The van der Waals surface area contributed by atoms with Crippen molar-refractivity contribution >= 4 is 12.1 Å². The van der Waals surface area contributed by atoms with Crippen molar-refractivity contribution in [3.05, 3.63) is 12.2 Å². The lowest BCUT2D eigenvalue weighted by atomic mass is 10.0. The van der Waals surface area contributed by atoms with Gasteiger partial charge in [-0.25, -0.2) is 4.79 Å². The van der Waals surface area contributed by atoms with Crippen LogP contribution in [0.1, 0.15) is 53.9 Å². The van der Waals surface area contributed by atoms with E-state index in [1.165, 1.54) is 5.57 Å². The van der Waals surface area contributed by atoms with Gasteiger partial charge in [-0.05, 0) is 47.0 Å². The monoisotopic (exact) mass is 395 g/mol. The third-order valence-electron chi connectivity index (χ3n) is 4.46. The second-order valence-electron chi connectivity index (χ2n) is 8.62. The van der Waals surface area contributed by atoms with E-state index < -0.39 is 5.60 Å². The minimum absolute atomic E-state index is 0.260. The summed E-state index contributed by atoms with van der Waals surface area (Å²) in [5.41, 5.74) is 0.734. The lowest BCUT2D eigenvalue weighted by Gasteiger charge is -2.33. The molecular weight excluding hydrogens is 354 g/mol. The summed E-state index contributed by atoms with van der Waals surface area (Å²) >= 11 is 0. The standard InChI is InChI=1S/C21H41N5O2/c1-8-12-26(20(27)28-21(4,5)6)15-11-23-19(22-7)24-18-9-13-25(14-10-18)16-17(2)3/h18H,2,8-16H2,1,3-7H3,(H2,22,23,24). The number of nitrogens with one attached hydrogen (secondary N) is 2. The molecule has 7 heteroatoms. The minimum Gasteiger partial charge on any atom is -0.444 e. The highest BCUT2D eigenvalue weighted by Crippen LogP contribution is 2.12. The zero-order valence-corrected chi connectivity index (χ0v) is 18.8. The molecular formula is C21H41N5O2. The maximum Gasteiger partial charge on any atom is 0.410 e. The molecule has 0 spiro atoms. The van der Waals surface area contributed by atoms with E-state index in [0.717, 1.165) is 44.9 Å².